The second-order valence-electron chi connectivity index (χ2n) is 3.52. The lowest BCUT2D eigenvalue weighted by atomic mass is 9.99. The molecular formula is C12H12BrFO4. The van der Waals surface area contributed by atoms with Gasteiger partial charge in [0, 0.05) is 0 Å². The van der Waals surface area contributed by atoms with E-state index in [4.69, 9.17) is 0 Å². The monoisotopic (exact) mass is 318 g/mol. The Morgan fingerprint density at radius 2 is 1.83 bits per heavy atom. The lowest BCUT2D eigenvalue weighted by Gasteiger charge is -2.13. The lowest BCUT2D eigenvalue weighted by Crippen LogP contribution is -2.28. The third-order valence-corrected chi connectivity index (χ3v) is 3.32. The summed E-state index contributed by atoms with van der Waals surface area (Å²) in [6.07, 6.45) is 0.0116. The Balaban J connectivity index is 3.00. The molecule has 0 radical (unpaired) electrons. The van der Waals surface area contributed by atoms with Gasteiger partial charge in [-0.2, -0.15) is 0 Å². The van der Waals surface area contributed by atoms with Crippen LogP contribution in [0.15, 0.2) is 22.7 Å². The second kappa shape index (κ2) is 6.49. The molecule has 6 heteroatoms. The summed E-state index contributed by atoms with van der Waals surface area (Å²) in [5, 5.41) is 0. The summed E-state index contributed by atoms with van der Waals surface area (Å²) in [7, 11) is 2.36. The third-order valence-electron chi connectivity index (χ3n) is 2.43. The van der Waals surface area contributed by atoms with Gasteiger partial charge in [-0.15, -0.1) is 0 Å². The van der Waals surface area contributed by atoms with E-state index in [1.165, 1.54) is 26.4 Å². The van der Waals surface area contributed by atoms with Gasteiger partial charge in [0.05, 0.1) is 18.7 Å². The predicted octanol–water partition coefficient (Wildman–Crippen LogP) is 2.09. The number of benzene rings is 1. The number of carbonyl (C=O) groups excluding carboxylic acids is 2. The van der Waals surface area contributed by atoms with Crippen LogP contribution < -0.4 is 0 Å². The Hall–Kier alpha value is -1.43. The van der Waals surface area contributed by atoms with Gasteiger partial charge in [-0.25, -0.2) is 4.39 Å². The average Bonchev–Trinajstić information content (AvgIpc) is 2.38. The van der Waals surface area contributed by atoms with Crippen LogP contribution in [0.2, 0.25) is 0 Å². The number of rotatable bonds is 4. The molecule has 1 aromatic carbocycles. The molecule has 0 aliphatic heterocycles. The molecule has 0 heterocycles. The van der Waals surface area contributed by atoms with Gasteiger partial charge in [0.15, 0.2) is 5.92 Å². The minimum absolute atomic E-state index is 0.0116. The summed E-state index contributed by atoms with van der Waals surface area (Å²) < 4.78 is 22.6. The van der Waals surface area contributed by atoms with Crippen LogP contribution in [0.1, 0.15) is 5.56 Å². The molecule has 1 rings (SSSR count). The van der Waals surface area contributed by atoms with Crippen LogP contribution in [-0.2, 0) is 25.5 Å². The third kappa shape index (κ3) is 3.29. The summed E-state index contributed by atoms with van der Waals surface area (Å²) in [5.41, 5.74) is 0.496. The summed E-state index contributed by atoms with van der Waals surface area (Å²) in [6.45, 7) is 0. The van der Waals surface area contributed by atoms with Crippen LogP contribution in [0.4, 0.5) is 4.39 Å². The van der Waals surface area contributed by atoms with Crippen molar-refractivity contribution in [3.63, 3.8) is 0 Å². The van der Waals surface area contributed by atoms with E-state index in [1.807, 2.05) is 0 Å². The van der Waals surface area contributed by atoms with Gasteiger partial charge in [0.2, 0.25) is 0 Å². The van der Waals surface area contributed by atoms with Crippen molar-refractivity contribution in [3.05, 3.63) is 34.1 Å². The maximum atomic E-state index is 13.3. The normalized spacial score (nSPS) is 10.3. The molecule has 0 bridgehead atoms. The van der Waals surface area contributed by atoms with E-state index in [2.05, 4.69) is 25.4 Å². The first kappa shape index (κ1) is 14.6. The average molecular weight is 319 g/mol. The molecule has 0 unspecified atom stereocenters. The first-order chi connectivity index (χ1) is 8.51. The summed E-state index contributed by atoms with van der Waals surface area (Å²) in [4.78, 5) is 23.0. The molecule has 0 saturated carbocycles. The molecule has 0 aliphatic rings. The molecule has 4 nitrogen and oxygen atoms in total. The topological polar surface area (TPSA) is 52.6 Å². The quantitative estimate of drug-likeness (QED) is 0.630. The van der Waals surface area contributed by atoms with E-state index < -0.39 is 23.7 Å². The van der Waals surface area contributed by atoms with Crippen LogP contribution >= 0.6 is 15.9 Å². The van der Waals surface area contributed by atoms with Crippen LogP contribution in [0, 0.1) is 11.7 Å². The number of hydrogen-bond donors (Lipinski definition) is 0. The fourth-order valence-electron chi connectivity index (χ4n) is 1.47. The predicted molar refractivity (Wildman–Crippen MR) is 65.3 cm³/mol. The van der Waals surface area contributed by atoms with Crippen molar-refractivity contribution in [2.75, 3.05) is 14.2 Å². The number of ether oxygens (including phenoxy) is 2. The zero-order valence-corrected chi connectivity index (χ0v) is 11.5. The van der Waals surface area contributed by atoms with Gasteiger partial charge in [-0.1, -0.05) is 12.1 Å². The van der Waals surface area contributed by atoms with Crippen molar-refractivity contribution in [1.29, 1.82) is 0 Å². The second-order valence-corrected chi connectivity index (χ2v) is 4.31. The molecule has 0 aliphatic carbocycles. The fraction of sp³-hybridized carbons (Fsp3) is 0.333. The van der Waals surface area contributed by atoms with Gasteiger partial charge in [0.1, 0.15) is 5.82 Å². The van der Waals surface area contributed by atoms with E-state index >= 15 is 0 Å². The van der Waals surface area contributed by atoms with Crippen molar-refractivity contribution in [1.82, 2.24) is 0 Å². The van der Waals surface area contributed by atoms with E-state index in [1.54, 1.807) is 6.07 Å². The molecule has 18 heavy (non-hydrogen) atoms. The summed E-state index contributed by atoms with van der Waals surface area (Å²) >= 11 is 3.07. The molecule has 0 aromatic heterocycles. The highest BCUT2D eigenvalue weighted by Crippen LogP contribution is 2.23. The number of halogens is 2. The minimum Gasteiger partial charge on any atom is -0.468 e. The van der Waals surface area contributed by atoms with E-state index in [0.29, 0.717) is 5.56 Å². The zero-order valence-electron chi connectivity index (χ0n) is 9.91. The molecule has 0 fully saturated rings. The van der Waals surface area contributed by atoms with E-state index in [0.717, 1.165) is 0 Å². The highest BCUT2D eigenvalue weighted by Gasteiger charge is 2.29. The molecule has 0 amide bonds. The summed E-state index contributed by atoms with van der Waals surface area (Å²) in [6, 6.07) is 4.39. The van der Waals surface area contributed by atoms with Gasteiger partial charge in [-0.3, -0.25) is 9.59 Å². The van der Waals surface area contributed by atoms with Crippen LogP contribution in [-0.4, -0.2) is 26.2 Å². The van der Waals surface area contributed by atoms with Crippen LogP contribution in [0.25, 0.3) is 0 Å². The SMILES string of the molecule is COC(=O)C(Cc1cccc(F)c1Br)C(=O)OC. The maximum Gasteiger partial charge on any atom is 0.320 e. The molecule has 0 N–H and O–H groups in total. The van der Waals surface area contributed by atoms with Gasteiger partial charge >= 0.3 is 11.9 Å². The van der Waals surface area contributed by atoms with Crippen molar-refractivity contribution in [3.8, 4) is 0 Å². The van der Waals surface area contributed by atoms with Gasteiger partial charge in [-0.05, 0) is 34.0 Å². The molecule has 1 aromatic rings. The molecule has 98 valence electrons. The maximum absolute atomic E-state index is 13.3. The Kier molecular flexibility index (Phi) is 5.27. The molecular weight excluding hydrogens is 307 g/mol. The number of hydrogen-bond acceptors (Lipinski definition) is 4. The first-order valence-corrected chi connectivity index (χ1v) is 5.89. The Labute approximate surface area is 112 Å². The smallest absolute Gasteiger partial charge is 0.320 e. The van der Waals surface area contributed by atoms with Crippen LogP contribution in [0.3, 0.4) is 0 Å². The van der Waals surface area contributed by atoms with E-state index in [9.17, 15) is 14.0 Å². The Morgan fingerprint density at radius 1 is 1.28 bits per heavy atom. The first-order valence-electron chi connectivity index (χ1n) is 5.09. The van der Waals surface area contributed by atoms with Gasteiger partial charge < -0.3 is 9.47 Å². The van der Waals surface area contributed by atoms with Crippen molar-refractivity contribution >= 4 is 27.9 Å². The van der Waals surface area contributed by atoms with Crippen LogP contribution in [0.5, 0.6) is 0 Å². The molecule has 0 atom stereocenters. The van der Waals surface area contributed by atoms with Crippen molar-refractivity contribution in [2.45, 2.75) is 6.42 Å². The molecule has 0 spiro atoms. The Bertz CT molecular complexity index is 445. The highest BCUT2D eigenvalue weighted by atomic mass is 79.9. The number of methoxy groups -OCH3 is 2. The van der Waals surface area contributed by atoms with Gasteiger partial charge in [0.25, 0.3) is 0 Å². The number of carbonyl (C=O) groups is 2. The minimum atomic E-state index is -1.10. The fourth-order valence-corrected chi connectivity index (χ4v) is 1.90. The summed E-state index contributed by atoms with van der Waals surface area (Å²) in [5.74, 6) is -2.98. The zero-order chi connectivity index (χ0) is 13.7. The molecule has 0 saturated heterocycles. The lowest BCUT2D eigenvalue weighted by molar-refractivity contribution is -0.158. The van der Waals surface area contributed by atoms with Crippen molar-refractivity contribution in [2.24, 2.45) is 5.92 Å². The largest absolute Gasteiger partial charge is 0.468 e. The standard InChI is InChI=1S/C12H12BrFO4/c1-17-11(15)8(12(16)18-2)6-7-4-3-5-9(14)10(7)13/h3-5,8H,6H2,1-2H3. The number of esters is 2. The van der Waals surface area contributed by atoms with E-state index in [-0.39, 0.29) is 10.9 Å². The van der Waals surface area contributed by atoms with Crippen molar-refractivity contribution < 1.29 is 23.5 Å². The highest BCUT2D eigenvalue weighted by molar-refractivity contribution is 9.10. The Morgan fingerprint density at radius 3 is 2.33 bits per heavy atom.